The molecule has 0 spiro atoms. The minimum Gasteiger partial charge on any atom is -0.480 e. The highest BCUT2D eigenvalue weighted by molar-refractivity contribution is 5.88. The average Bonchev–Trinajstić information content (AvgIpc) is 3.16. The monoisotopic (exact) mass is 430 g/mol. The molecule has 0 aromatic heterocycles. The van der Waals surface area contributed by atoms with Gasteiger partial charge in [-0.25, -0.2) is 4.79 Å². The van der Waals surface area contributed by atoms with Gasteiger partial charge in [0, 0.05) is 6.04 Å². The third kappa shape index (κ3) is 5.64. The Balaban J connectivity index is 1.70. The van der Waals surface area contributed by atoms with Gasteiger partial charge in [0.1, 0.15) is 12.1 Å². The van der Waals surface area contributed by atoms with Gasteiger partial charge in [-0.2, -0.15) is 0 Å². The molecule has 1 heterocycles. The Morgan fingerprint density at radius 1 is 1.19 bits per heavy atom. The van der Waals surface area contributed by atoms with Gasteiger partial charge in [0.2, 0.25) is 5.91 Å². The lowest BCUT2D eigenvalue weighted by atomic mass is 9.84. The number of nitrogens with one attached hydrogen (secondary N) is 1. The second kappa shape index (κ2) is 10.8. The SMILES string of the molecule is CCOC(=O)C(CCc1ccccc1)NC(C)C(=O)N1C(C(=O)O)CC2CCCC[C@@H]21. The van der Waals surface area contributed by atoms with Crippen molar-refractivity contribution in [2.24, 2.45) is 5.92 Å². The molecule has 170 valence electrons. The van der Waals surface area contributed by atoms with Crippen molar-refractivity contribution in [3.63, 3.8) is 0 Å². The molecule has 7 heteroatoms. The summed E-state index contributed by atoms with van der Waals surface area (Å²) in [5, 5.41) is 12.9. The fraction of sp³-hybridized carbons (Fsp3) is 0.625. The van der Waals surface area contributed by atoms with E-state index in [1.165, 1.54) is 0 Å². The maximum Gasteiger partial charge on any atom is 0.326 e. The predicted molar refractivity (Wildman–Crippen MR) is 116 cm³/mol. The van der Waals surface area contributed by atoms with E-state index in [9.17, 15) is 19.5 Å². The summed E-state index contributed by atoms with van der Waals surface area (Å²) in [6, 6.07) is 7.75. The fourth-order valence-electron chi connectivity index (χ4n) is 5.06. The molecular formula is C24H34N2O5. The number of carboxylic acid groups (broad SMARTS) is 1. The average molecular weight is 431 g/mol. The number of benzene rings is 1. The van der Waals surface area contributed by atoms with Crippen LogP contribution in [0.3, 0.4) is 0 Å². The number of hydrogen-bond donors (Lipinski definition) is 2. The van der Waals surface area contributed by atoms with Crippen molar-refractivity contribution in [1.82, 2.24) is 10.2 Å². The van der Waals surface area contributed by atoms with Crippen LogP contribution >= 0.6 is 0 Å². The van der Waals surface area contributed by atoms with Gasteiger partial charge < -0.3 is 14.7 Å². The summed E-state index contributed by atoms with van der Waals surface area (Å²) < 4.78 is 5.22. The molecule has 0 radical (unpaired) electrons. The van der Waals surface area contributed by atoms with Crippen LogP contribution in [-0.4, -0.2) is 58.6 Å². The summed E-state index contributed by atoms with van der Waals surface area (Å²) in [5.74, 6) is -1.31. The van der Waals surface area contributed by atoms with Crippen LogP contribution in [0.4, 0.5) is 0 Å². The molecule has 2 fully saturated rings. The first-order valence-electron chi connectivity index (χ1n) is 11.4. The first kappa shape index (κ1) is 23.3. The molecule has 3 rings (SSSR count). The predicted octanol–water partition coefficient (Wildman–Crippen LogP) is 2.77. The standard InChI is InChI=1S/C24H34N2O5/c1-3-31-24(30)19(14-13-17-9-5-4-6-10-17)25-16(2)22(27)26-20-12-8-7-11-18(20)15-21(26)23(28)29/h4-6,9-10,16,18-21,25H,3,7-8,11-15H2,1-2H3,(H,28,29)/t16?,18?,19?,20-,21?/m0/s1. The fourth-order valence-corrected chi connectivity index (χ4v) is 5.06. The van der Waals surface area contributed by atoms with E-state index in [1.807, 2.05) is 30.3 Å². The number of rotatable bonds is 9. The Labute approximate surface area is 184 Å². The number of fused-ring (bicyclic) bond motifs is 1. The number of amides is 1. The molecule has 7 nitrogen and oxygen atoms in total. The minimum atomic E-state index is -0.944. The lowest BCUT2D eigenvalue weighted by Crippen LogP contribution is -2.55. The number of esters is 1. The van der Waals surface area contributed by atoms with Gasteiger partial charge in [-0.05, 0) is 57.4 Å². The number of carbonyl (C=O) groups excluding carboxylic acids is 2. The molecule has 1 aliphatic heterocycles. The number of aryl methyl sites for hydroxylation is 1. The topological polar surface area (TPSA) is 95.9 Å². The molecule has 2 N–H and O–H groups in total. The summed E-state index contributed by atoms with van der Waals surface area (Å²) >= 11 is 0. The maximum absolute atomic E-state index is 13.4. The Kier molecular flexibility index (Phi) is 8.07. The Morgan fingerprint density at radius 2 is 1.90 bits per heavy atom. The molecule has 1 saturated carbocycles. The van der Waals surface area contributed by atoms with E-state index in [0.29, 0.717) is 19.3 Å². The van der Waals surface area contributed by atoms with Gasteiger partial charge in [0.25, 0.3) is 0 Å². The lowest BCUT2D eigenvalue weighted by molar-refractivity contribution is -0.152. The van der Waals surface area contributed by atoms with Crippen LogP contribution in [0.15, 0.2) is 30.3 Å². The quantitative estimate of drug-likeness (QED) is 0.585. The molecule has 1 aromatic carbocycles. The van der Waals surface area contributed by atoms with E-state index in [2.05, 4.69) is 5.32 Å². The van der Waals surface area contributed by atoms with Crippen LogP contribution in [0, 0.1) is 5.92 Å². The maximum atomic E-state index is 13.4. The summed E-state index contributed by atoms with van der Waals surface area (Å²) in [4.78, 5) is 39.3. The number of carbonyl (C=O) groups is 3. The van der Waals surface area contributed by atoms with Gasteiger partial charge in [-0.1, -0.05) is 43.2 Å². The summed E-state index contributed by atoms with van der Waals surface area (Å²) in [5.41, 5.74) is 1.10. The van der Waals surface area contributed by atoms with Crippen molar-refractivity contribution < 1.29 is 24.2 Å². The molecule has 0 bridgehead atoms. The van der Waals surface area contributed by atoms with Crippen LogP contribution < -0.4 is 5.32 Å². The highest BCUT2D eigenvalue weighted by Gasteiger charge is 2.48. The molecule has 1 aromatic rings. The van der Waals surface area contributed by atoms with Crippen molar-refractivity contribution in [3.05, 3.63) is 35.9 Å². The Morgan fingerprint density at radius 3 is 2.58 bits per heavy atom. The van der Waals surface area contributed by atoms with Crippen LogP contribution in [-0.2, 0) is 25.5 Å². The molecule has 2 aliphatic rings. The van der Waals surface area contributed by atoms with E-state index in [0.717, 1.165) is 31.2 Å². The number of aliphatic carboxylic acids is 1. The van der Waals surface area contributed by atoms with Crippen molar-refractivity contribution in [2.75, 3.05) is 6.61 Å². The van der Waals surface area contributed by atoms with Crippen LogP contribution in [0.25, 0.3) is 0 Å². The molecule has 31 heavy (non-hydrogen) atoms. The van der Waals surface area contributed by atoms with E-state index in [1.54, 1.807) is 18.7 Å². The van der Waals surface area contributed by atoms with Crippen molar-refractivity contribution >= 4 is 17.8 Å². The number of ether oxygens (including phenoxy) is 1. The van der Waals surface area contributed by atoms with Gasteiger partial charge in [0.15, 0.2) is 0 Å². The zero-order chi connectivity index (χ0) is 22.4. The number of hydrogen-bond acceptors (Lipinski definition) is 5. The second-order valence-corrected chi connectivity index (χ2v) is 8.66. The highest BCUT2D eigenvalue weighted by Crippen LogP contribution is 2.40. The first-order valence-corrected chi connectivity index (χ1v) is 11.4. The van der Waals surface area contributed by atoms with Gasteiger partial charge in [0.05, 0.1) is 12.6 Å². The molecule has 5 atom stereocenters. The van der Waals surface area contributed by atoms with Crippen molar-refractivity contribution in [1.29, 1.82) is 0 Å². The second-order valence-electron chi connectivity index (χ2n) is 8.66. The minimum absolute atomic E-state index is 0.0167. The van der Waals surface area contributed by atoms with E-state index >= 15 is 0 Å². The van der Waals surface area contributed by atoms with Crippen molar-refractivity contribution in [3.8, 4) is 0 Å². The highest BCUT2D eigenvalue weighted by atomic mass is 16.5. The van der Waals surface area contributed by atoms with E-state index in [4.69, 9.17) is 4.74 Å². The third-order valence-electron chi connectivity index (χ3n) is 6.58. The van der Waals surface area contributed by atoms with Crippen molar-refractivity contribution in [2.45, 2.75) is 83.0 Å². The third-order valence-corrected chi connectivity index (χ3v) is 6.58. The Hall–Kier alpha value is -2.41. The summed E-state index contributed by atoms with van der Waals surface area (Å²) in [6.45, 7) is 3.74. The number of nitrogens with zero attached hydrogens (tertiary/aromatic N) is 1. The molecule has 1 amide bonds. The van der Waals surface area contributed by atoms with Gasteiger partial charge >= 0.3 is 11.9 Å². The van der Waals surface area contributed by atoms with Crippen LogP contribution in [0.2, 0.25) is 0 Å². The molecular weight excluding hydrogens is 396 g/mol. The molecule has 4 unspecified atom stereocenters. The zero-order valence-corrected chi connectivity index (χ0v) is 18.5. The largest absolute Gasteiger partial charge is 0.480 e. The summed E-state index contributed by atoms with van der Waals surface area (Å²) in [7, 11) is 0. The summed E-state index contributed by atoms with van der Waals surface area (Å²) in [6.07, 6.45) is 5.62. The zero-order valence-electron chi connectivity index (χ0n) is 18.5. The number of carboxylic acids is 1. The molecule has 1 saturated heterocycles. The van der Waals surface area contributed by atoms with Gasteiger partial charge in [-0.15, -0.1) is 0 Å². The van der Waals surface area contributed by atoms with E-state index < -0.39 is 24.1 Å². The first-order chi connectivity index (χ1) is 14.9. The molecule has 1 aliphatic carbocycles. The number of likely N-dealkylation sites (tertiary alicyclic amines) is 1. The normalized spacial score (nSPS) is 24.8. The Bertz CT molecular complexity index is 768. The van der Waals surface area contributed by atoms with Crippen LogP contribution in [0.1, 0.15) is 57.9 Å². The smallest absolute Gasteiger partial charge is 0.326 e. The van der Waals surface area contributed by atoms with Crippen LogP contribution in [0.5, 0.6) is 0 Å². The lowest BCUT2D eigenvalue weighted by Gasteiger charge is -2.35. The van der Waals surface area contributed by atoms with E-state index in [-0.39, 0.29) is 30.4 Å². The van der Waals surface area contributed by atoms with Gasteiger partial charge in [-0.3, -0.25) is 14.9 Å².